The smallest absolute Gasteiger partial charge is 0.223 e. The summed E-state index contributed by atoms with van der Waals surface area (Å²) in [7, 11) is 0. The third kappa shape index (κ3) is 3.47. The van der Waals surface area contributed by atoms with Crippen LogP contribution in [0.3, 0.4) is 0 Å². The molecular weight excluding hydrogens is 338 g/mol. The quantitative estimate of drug-likeness (QED) is 0.870. The highest BCUT2D eigenvalue weighted by atomic mass is 16.1. The Hall–Kier alpha value is -1.95. The number of fused-ring (bicyclic) bond motifs is 2. The minimum Gasteiger partial charge on any atom is -0.356 e. The second kappa shape index (κ2) is 6.89. The van der Waals surface area contributed by atoms with Gasteiger partial charge in [-0.05, 0) is 74.8 Å². The summed E-state index contributed by atoms with van der Waals surface area (Å²) in [6.45, 7) is 0.799. The highest BCUT2D eigenvalue weighted by Gasteiger charge is 2.40. The van der Waals surface area contributed by atoms with Crippen LogP contribution in [0.4, 0.5) is 0 Å². The largest absolute Gasteiger partial charge is 0.356 e. The zero-order valence-corrected chi connectivity index (χ0v) is 15.8. The van der Waals surface area contributed by atoms with Gasteiger partial charge in [0.25, 0.3) is 0 Å². The summed E-state index contributed by atoms with van der Waals surface area (Å²) in [5.41, 5.74) is 9.35. The van der Waals surface area contributed by atoms with Crippen molar-refractivity contribution in [3.63, 3.8) is 0 Å². The van der Waals surface area contributed by atoms with Gasteiger partial charge in [-0.2, -0.15) is 5.10 Å². The zero-order chi connectivity index (χ0) is 18.4. The molecule has 2 aromatic rings. The molecule has 3 heterocycles. The first kappa shape index (κ1) is 17.2. The van der Waals surface area contributed by atoms with Crippen LogP contribution in [0.15, 0.2) is 18.3 Å². The van der Waals surface area contributed by atoms with Crippen LogP contribution in [-0.4, -0.2) is 27.0 Å². The molecule has 5 rings (SSSR count). The van der Waals surface area contributed by atoms with Gasteiger partial charge < -0.3 is 11.1 Å². The Morgan fingerprint density at radius 3 is 2.78 bits per heavy atom. The Morgan fingerprint density at radius 2 is 2.00 bits per heavy atom. The molecule has 1 saturated heterocycles. The number of carbonyl (C=O) groups is 1. The topological polar surface area (TPSA) is 85.3 Å². The Balaban J connectivity index is 1.31. The zero-order valence-electron chi connectivity index (χ0n) is 15.8. The first-order chi connectivity index (χ1) is 13.2. The van der Waals surface area contributed by atoms with Crippen LogP contribution >= 0.6 is 0 Å². The Kier molecular flexibility index (Phi) is 4.38. The normalized spacial score (nSPS) is 31.8. The SMILES string of the molecule is NC(c1cn2nc(CC3CCCNC3=O)ccc2n1)C1CCC2CC2CC1. The van der Waals surface area contributed by atoms with Crippen molar-refractivity contribution in [1.29, 1.82) is 0 Å². The van der Waals surface area contributed by atoms with Crippen molar-refractivity contribution in [2.45, 2.75) is 57.4 Å². The lowest BCUT2D eigenvalue weighted by Crippen LogP contribution is -2.37. The number of piperidine rings is 1. The van der Waals surface area contributed by atoms with Gasteiger partial charge in [0, 0.05) is 18.9 Å². The summed E-state index contributed by atoms with van der Waals surface area (Å²) in [4.78, 5) is 16.8. The number of nitrogens with zero attached hydrogens (tertiary/aromatic N) is 3. The molecule has 1 aliphatic heterocycles. The molecule has 2 aromatic heterocycles. The number of nitrogens with one attached hydrogen (secondary N) is 1. The van der Waals surface area contributed by atoms with E-state index in [2.05, 4.69) is 5.32 Å². The summed E-state index contributed by atoms with van der Waals surface area (Å²) in [6.07, 6.45) is 11.2. The van der Waals surface area contributed by atoms with Crippen LogP contribution in [0.1, 0.15) is 62.4 Å². The van der Waals surface area contributed by atoms with Gasteiger partial charge in [0.2, 0.25) is 5.91 Å². The van der Waals surface area contributed by atoms with Gasteiger partial charge >= 0.3 is 0 Å². The van der Waals surface area contributed by atoms with Crippen molar-refractivity contribution in [3.05, 3.63) is 29.7 Å². The second-order valence-electron chi connectivity index (χ2n) is 8.82. The van der Waals surface area contributed by atoms with E-state index in [4.69, 9.17) is 15.8 Å². The number of imidazole rings is 1. The minimum absolute atomic E-state index is 0.00299. The molecule has 0 spiro atoms. The number of hydrogen-bond acceptors (Lipinski definition) is 4. The van der Waals surface area contributed by atoms with E-state index in [1.165, 1.54) is 32.1 Å². The van der Waals surface area contributed by atoms with Crippen molar-refractivity contribution in [2.75, 3.05) is 6.54 Å². The molecule has 4 atom stereocenters. The lowest BCUT2D eigenvalue weighted by atomic mass is 9.89. The highest BCUT2D eigenvalue weighted by Crippen LogP contribution is 2.50. The molecule has 0 aromatic carbocycles. The monoisotopic (exact) mass is 367 g/mol. The van der Waals surface area contributed by atoms with Gasteiger partial charge in [-0.3, -0.25) is 4.79 Å². The lowest BCUT2D eigenvalue weighted by molar-refractivity contribution is -0.126. The Morgan fingerprint density at radius 1 is 1.19 bits per heavy atom. The molecule has 4 unspecified atom stereocenters. The first-order valence-corrected chi connectivity index (χ1v) is 10.6. The van der Waals surface area contributed by atoms with Crippen molar-refractivity contribution >= 4 is 11.6 Å². The van der Waals surface area contributed by atoms with E-state index < -0.39 is 0 Å². The van der Waals surface area contributed by atoms with E-state index in [0.717, 1.165) is 48.3 Å². The summed E-state index contributed by atoms with van der Waals surface area (Å²) in [6, 6.07) is 4.00. The molecule has 3 fully saturated rings. The lowest BCUT2D eigenvalue weighted by Gasteiger charge is -2.21. The molecule has 3 N–H and O–H groups in total. The number of aromatic nitrogens is 3. The molecule has 2 aliphatic carbocycles. The van der Waals surface area contributed by atoms with Gasteiger partial charge in [-0.1, -0.05) is 0 Å². The maximum Gasteiger partial charge on any atom is 0.223 e. The summed E-state index contributed by atoms with van der Waals surface area (Å²) in [5.74, 6) is 2.68. The molecule has 0 radical (unpaired) electrons. The number of carbonyl (C=O) groups excluding carboxylic acids is 1. The molecule has 1 amide bonds. The predicted molar refractivity (Wildman–Crippen MR) is 103 cm³/mol. The molecular formula is C21H29N5O. The average molecular weight is 367 g/mol. The Labute approximate surface area is 159 Å². The third-order valence-electron chi connectivity index (χ3n) is 6.98. The van der Waals surface area contributed by atoms with Gasteiger partial charge in [-0.25, -0.2) is 9.50 Å². The van der Waals surface area contributed by atoms with Crippen molar-refractivity contribution in [3.8, 4) is 0 Å². The number of amides is 1. The number of hydrogen-bond donors (Lipinski definition) is 2. The maximum atomic E-state index is 12.0. The molecule has 2 saturated carbocycles. The van der Waals surface area contributed by atoms with Crippen molar-refractivity contribution in [1.82, 2.24) is 19.9 Å². The van der Waals surface area contributed by atoms with Crippen LogP contribution in [0.2, 0.25) is 0 Å². The summed E-state index contributed by atoms with van der Waals surface area (Å²) in [5, 5.41) is 7.66. The van der Waals surface area contributed by atoms with Gasteiger partial charge in [-0.15, -0.1) is 0 Å². The number of nitrogens with two attached hydrogens (primary N) is 1. The van der Waals surface area contributed by atoms with Gasteiger partial charge in [0.05, 0.1) is 23.6 Å². The molecule has 6 heteroatoms. The standard InChI is InChI=1S/C21H29N5O/c22-20(13-3-5-14-10-15(14)6-4-13)18-12-26-19(24-18)8-7-17(25-26)11-16-2-1-9-23-21(16)27/h7-8,12-16,20H,1-6,9-11,22H2,(H,23,27). The number of rotatable bonds is 4. The fourth-order valence-electron chi connectivity index (χ4n) is 5.11. The third-order valence-corrected chi connectivity index (χ3v) is 6.98. The summed E-state index contributed by atoms with van der Waals surface area (Å²) < 4.78 is 1.85. The predicted octanol–water partition coefficient (Wildman–Crippen LogP) is 2.62. The van der Waals surface area contributed by atoms with Crippen molar-refractivity contribution in [2.24, 2.45) is 29.4 Å². The van der Waals surface area contributed by atoms with Crippen molar-refractivity contribution < 1.29 is 4.79 Å². The fourth-order valence-corrected chi connectivity index (χ4v) is 5.11. The van der Waals surface area contributed by atoms with Crippen LogP contribution in [-0.2, 0) is 11.2 Å². The fraction of sp³-hybridized carbons (Fsp3) is 0.667. The van der Waals surface area contributed by atoms with Crippen LogP contribution in [0.5, 0.6) is 0 Å². The van der Waals surface area contributed by atoms with E-state index in [1.54, 1.807) is 0 Å². The first-order valence-electron chi connectivity index (χ1n) is 10.6. The van der Waals surface area contributed by atoms with Crippen LogP contribution in [0, 0.1) is 23.7 Å². The minimum atomic E-state index is -0.00299. The average Bonchev–Trinajstić information content (AvgIpc) is 3.33. The maximum absolute atomic E-state index is 12.0. The van der Waals surface area contributed by atoms with Gasteiger partial charge in [0.15, 0.2) is 5.65 Å². The van der Waals surface area contributed by atoms with E-state index in [-0.39, 0.29) is 17.9 Å². The van der Waals surface area contributed by atoms with E-state index in [0.29, 0.717) is 12.3 Å². The van der Waals surface area contributed by atoms with E-state index in [1.807, 2.05) is 22.8 Å². The van der Waals surface area contributed by atoms with E-state index >= 15 is 0 Å². The second-order valence-corrected chi connectivity index (χ2v) is 8.82. The molecule has 144 valence electrons. The van der Waals surface area contributed by atoms with Gasteiger partial charge in [0.1, 0.15) is 0 Å². The van der Waals surface area contributed by atoms with Crippen LogP contribution in [0.25, 0.3) is 5.65 Å². The highest BCUT2D eigenvalue weighted by molar-refractivity contribution is 5.79. The molecule has 27 heavy (non-hydrogen) atoms. The summed E-state index contributed by atoms with van der Waals surface area (Å²) >= 11 is 0. The molecule has 0 bridgehead atoms. The Bertz CT molecular complexity index is 834. The molecule has 6 nitrogen and oxygen atoms in total. The van der Waals surface area contributed by atoms with E-state index in [9.17, 15) is 4.79 Å². The molecule has 3 aliphatic rings. The van der Waals surface area contributed by atoms with Crippen LogP contribution < -0.4 is 11.1 Å².